The standard InChI is InChI=1S/C68H133NO3/c1-5-9-13-17-21-22-23-24-25-26-27-28-29-30-31-32-33-34-35-36-37-38-39-40-41-42-43-44-45-46-47-48-49-50-51-52-53-57-61-66(68(71)72-64-60-56-20-16-12-8-4)65-67(70)69(62-58-54-18-14-10-6-2)63-59-55-19-15-11-7-3/h36-37,66H,5-35,38-65H2,1-4H3/b37-36+. The molecule has 72 heavy (non-hydrogen) atoms. The van der Waals surface area contributed by atoms with E-state index >= 15 is 0 Å². The van der Waals surface area contributed by atoms with E-state index in [1.165, 1.54) is 308 Å². The summed E-state index contributed by atoms with van der Waals surface area (Å²) in [7, 11) is 0. The van der Waals surface area contributed by atoms with Crippen LogP contribution in [0.2, 0.25) is 0 Å². The number of esters is 1. The summed E-state index contributed by atoms with van der Waals surface area (Å²) in [4.78, 5) is 29.5. The summed E-state index contributed by atoms with van der Waals surface area (Å²) < 4.78 is 5.88. The van der Waals surface area contributed by atoms with Gasteiger partial charge in [-0.3, -0.25) is 9.59 Å². The van der Waals surface area contributed by atoms with Crippen LogP contribution in [0.25, 0.3) is 0 Å². The van der Waals surface area contributed by atoms with Gasteiger partial charge < -0.3 is 9.64 Å². The Bertz CT molecular complexity index is 1060. The number of allylic oxidation sites excluding steroid dienone is 2. The van der Waals surface area contributed by atoms with Gasteiger partial charge in [0.25, 0.3) is 0 Å². The van der Waals surface area contributed by atoms with Gasteiger partial charge in [-0.25, -0.2) is 0 Å². The predicted molar refractivity (Wildman–Crippen MR) is 321 cm³/mol. The fraction of sp³-hybridized carbons (Fsp3) is 0.941. The molecule has 0 aromatic carbocycles. The Labute approximate surface area is 454 Å². The van der Waals surface area contributed by atoms with Gasteiger partial charge in [0.15, 0.2) is 0 Å². The van der Waals surface area contributed by atoms with Gasteiger partial charge in [-0.15, -0.1) is 0 Å². The lowest BCUT2D eigenvalue weighted by Crippen LogP contribution is -2.35. The van der Waals surface area contributed by atoms with Gasteiger partial charge in [-0.1, -0.05) is 342 Å². The molecule has 1 unspecified atom stereocenters. The highest BCUT2D eigenvalue weighted by Crippen LogP contribution is 2.22. The van der Waals surface area contributed by atoms with E-state index in [-0.39, 0.29) is 17.8 Å². The molecule has 1 atom stereocenters. The molecule has 0 bridgehead atoms. The first kappa shape index (κ1) is 70.7. The summed E-state index contributed by atoms with van der Waals surface area (Å²) in [5.74, 6) is -0.220. The van der Waals surface area contributed by atoms with Crippen LogP contribution in [0.3, 0.4) is 0 Å². The minimum absolute atomic E-state index is 0.116. The van der Waals surface area contributed by atoms with Crippen LogP contribution < -0.4 is 0 Å². The zero-order valence-electron chi connectivity index (χ0n) is 50.1. The number of nitrogens with zero attached hydrogens (tertiary/aromatic N) is 1. The van der Waals surface area contributed by atoms with Crippen molar-refractivity contribution in [3.8, 4) is 0 Å². The molecule has 0 heterocycles. The molecular formula is C68H133NO3. The molecule has 0 aliphatic carbocycles. The molecule has 0 N–H and O–H groups in total. The number of unbranched alkanes of at least 4 members (excludes halogenated alkanes) is 49. The maximum Gasteiger partial charge on any atom is 0.309 e. The van der Waals surface area contributed by atoms with Gasteiger partial charge in [0.05, 0.1) is 12.5 Å². The molecule has 0 aliphatic rings. The van der Waals surface area contributed by atoms with Crippen molar-refractivity contribution in [3.05, 3.63) is 12.2 Å². The van der Waals surface area contributed by atoms with Crippen molar-refractivity contribution in [1.29, 1.82) is 0 Å². The molecule has 1 amide bonds. The van der Waals surface area contributed by atoms with Gasteiger partial charge in [0, 0.05) is 19.5 Å². The molecule has 0 aromatic rings. The van der Waals surface area contributed by atoms with E-state index in [0.29, 0.717) is 13.0 Å². The third-order valence-electron chi connectivity index (χ3n) is 16.0. The van der Waals surface area contributed by atoms with Gasteiger partial charge in [-0.05, 0) is 51.4 Å². The first-order valence-corrected chi connectivity index (χ1v) is 33.7. The Morgan fingerprint density at radius 2 is 0.569 bits per heavy atom. The summed E-state index contributed by atoms with van der Waals surface area (Å²) in [5, 5.41) is 0. The highest BCUT2D eigenvalue weighted by atomic mass is 16.5. The maximum absolute atomic E-state index is 13.9. The van der Waals surface area contributed by atoms with Crippen LogP contribution in [0.15, 0.2) is 12.2 Å². The van der Waals surface area contributed by atoms with Crippen molar-refractivity contribution in [1.82, 2.24) is 4.90 Å². The number of amides is 1. The Morgan fingerprint density at radius 3 is 0.875 bits per heavy atom. The minimum Gasteiger partial charge on any atom is -0.465 e. The molecular weight excluding hydrogens is 879 g/mol. The zero-order valence-corrected chi connectivity index (χ0v) is 50.1. The molecule has 428 valence electrons. The smallest absolute Gasteiger partial charge is 0.309 e. The van der Waals surface area contributed by atoms with Gasteiger partial charge in [0.2, 0.25) is 5.91 Å². The minimum atomic E-state index is -0.292. The lowest BCUT2D eigenvalue weighted by atomic mass is 9.96. The summed E-state index contributed by atoms with van der Waals surface area (Å²) in [5.41, 5.74) is 0. The lowest BCUT2D eigenvalue weighted by molar-refractivity contribution is -0.152. The van der Waals surface area contributed by atoms with E-state index in [1.54, 1.807) is 0 Å². The van der Waals surface area contributed by atoms with Crippen LogP contribution in [0.1, 0.15) is 387 Å². The SMILES string of the molecule is CCCCCCCCCCCCCCCCCCCC/C=C/CCCCCCCCCCCCCCCCCCC(CC(=O)N(CCCCCCCC)CCCCCCCC)C(=O)OCCCCCCCC. The van der Waals surface area contributed by atoms with E-state index in [4.69, 9.17) is 4.74 Å². The first-order valence-electron chi connectivity index (χ1n) is 33.7. The van der Waals surface area contributed by atoms with E-state index in [1.807, 2.05) is 0 Å². The molecule has 0 saturated heterocycles. The van der Waals surface area contributed by atoms with Crippen LogP contribution in [0, 0.1) is 5.92 Å². The third-order valence-corrected chi connectivity index (χ3v) is 16.0. The Hall–Kier alpha value is -1.32. The number of hydrogen-bond donors (Lipinski definition) is 0. The maximum atomic E-state index is 13.9. The summed E-state index contributed by atoms with van der Waals surface area (Å²) in [6.45, 7) is 11.3. The normalized spacial score (nSPS) is 12.1. The van der Waals surface area contributed by atoms with Gasteiger partial charge >= 0.3 is 5.97 Å². The largest absolute Gasteiger partial charge is 0.465 e. The second-order valence-electron chi connectivity index (χ2n) is 23.3. The predicted octanol–water partition coefficient (Wildman–Crippen LogP) is 23.5. The molecule has 0 rings (SSSR count). The van der Waals surface area contributed by atoms with Crippen molar-refractivity contribution < 1.29 is 14.3 Å². The molecule has 0 aromatic heterocycles. The summed E-state index contributed by atoms with van der Waals surface area (Å²) in [6, 6.07) is 0. The Morgan fingerprint density at radius 1 is 0.319 bits per heavy atom. The van der Waals surface area contributed by atoms with Crippen LogP contribution in [-0.4, -0.2) is 36.5 Å². The number of carbonyl (C=O) groups is 2. The fourth-order valence-electron chi connectivity index (χ4n) is 10.9. The third kappa shape index (κ3) is 54.9. The van der Waals surface area contributed by atoms with Crippen molar-refractivity contribution in [2.24, 2.45) is 5.92 Å². The second-order valence-corrected chi connectivity index (χ2v) is 23.3. The second kappa shape index (κ2) is 62.2. The molecule has 0 fully saturated rings. The van der Waals surface area contributed by atoms with E-state index in [9.17, 15) is 9.59 Å². The number of carbonyl (C=O) groups excluding carboxylic acids is 2. The van der Waals surface area contributed by atoms with Crippen LogP contribution in [0.4, 0.5) is 0 Å². The topological polar surface area (TPSA) is 46.6 Å². The highest BCUT2D eigenvalue weighted by Gasteiger charge is 2.26. The molecule has 4 heteroatoms. The first-order chi connectivity index (χ1) is 35.6. The molecule has 0 saturated carbocycles. The quantitative estimate of drug-likeness (QED) is 0.0346. The lowest BCUT2D eigenvalue weighted by Gasteiger charge is -2.25. The van der Waals surface area contributed by atoms with Crippen LogP contribution in [0.5, 0.6) is 0 Å². The van der Waals surface area contributed by atoms with Crippen LogP contribution in [-0.2, 0) is 14.3 Å². The molecule has 0 spiro atoms. The monoisotopic (exact) mass is 1010 g/mol. The van der Waals surface area contributed by atoms with E-state index in [2.05, 4.69) is 44.7 Å². The average molecular weight is 1010 g/mol. The zero-order chi connectivity index (χ0) is 52.2. The molecule has 0 radical (unpaired) electrons. The van der Waals surface area contributed by atoms with Crippen molar-refractivity contribution in [3.63, 3.8) is 0 Å². The summed E-state index contributed by atoms with van der Waals surface area (Å²) >= 11 is 0. The van der Waals surface area contributed by atoms with Crippen molar-refractivity contribution >= 4 is 11.9 Å². The van der Waals surface area contributed by atoms with Crippen LogP contribution >= 0.6 is 0 Å². The van der Waals surface area contributed by atoms with E-state index < -0.39 is 0 Å². The van der Waals surface area contributed by atoms with Crippen molar-refractivity contribution in [2.45, 2.75) is 387 Å². The average Bonchev–Trinajstić information content (AvgIpc) is 3.38. The summed E-state index contributed by atoms with van der Waals surface area (Å²) in [6.07, 6.45) is 78.2. The molecule has 4 nitrogen and oxygen atoms in total. The number of ether oxygens (including phenoxy) is 1. The van der Waals surface area contributed by atoms with Gasteiger partial charge in [0.1, 0.15) is 0 Å². The van der Waals surface area contributed by atoms with Gasteiger partial charge in [-0.2, -0.15) is 0 Å². The van der Waals surface area contributed by atoms with E-state index in [0.717, 1.165) is 58.0 Å². The Kier molecular flexibility index (Phi) is 61.1. The molecule has 0 aliphatic heterocycles. The fourth-order valence-corrected chi connectivity index (χ4v) is 10.9. The Balaban J connectivity index is 4.03. The highest BCUT2D eigenvalue weighted by molar-refractivity contribution is 5.83. The number of rotatable bonds is 62. The number of hydrogen-bond acceptors (Lipinski definition) is 3. The van der Waals surface area contributed by atoms with Crippen molar-refractivity contribution in [2.75, 3.05) is 19.7 Å².